The molecule has 2 unspecified atom stereocenters. The molecule has 0 aromatic rings. The molecule has 0 rings (SSSR count). The number of carbonyl (C=O) groups is 2. The predicted molar refractivity (Wildman–Crippen MR) is 63.2 cm³/mol. The van der Waals surface area contributed by atoms with Crippen LogP contribution in [-0.2, 0) is 9.59 Å². The van der Waals surface area contributed by atoms with Crippen LogP contribution in [-0.4, -0.2) is 23.0 Å². The summed E-state index contributed by atoms with van der Waals surface area (Å²) in [7, 11) is 0. The van der Waals surface area contributed by atoms with Gasteiger partial charge in [-0.3, -0.25) is 9.59 Å². The molecule has 1 amide bonds. The van der Waals surface area contributed by atoms with Crippen LogP contribution in [0.15, 0.2) is 0 Å². The molecule has 4 nitrogen and oxygen atoms in total. The van der Waals surface area contributed by atoms with Crippen molar-refractivity contribution in [1.82, 2.24) is 5.32 Å². The van der Waals surface area contributed by atoms with Crippen molar-refractivity contribution >= 4 is 11.9 Å². The van der Waals surface area contributed by atoms with Crippen molar-refractivity contribution in [1.29, 1.82) is 0 Å². The quantitative estimate of drug-likeness (QED) is 0.670. The number of amides is 1. The van der Waals surface area contributed by atoms with Crippen LogP contribution < -0.4 is 5.32 Å². The van der Waals surface area contributed by atoms with Gasteiger partial charge in [0.1, 0.15) is 0 Å². The number of hydrogen-bond acceptors (Lipinski definition) is 2. The first kappa shape index (κ1) is 14.9. The van der Waals surface area contributed by atoms with Gasteiger partial charge in [-0.15, -0.1) is 0 Å². The Morgan fingerprint density at radius 2 is 1.94 bits per heavy atom. The maximum atomic E-state index is 11.8. The smallest absolute Gasteiger partial charge is 0.305 e. The Morgan fingerprint density at radius 3 is 2.38 bits per heavy atom. The third-order valence-corrected chi connectivity index (χ3v) is 2.64. The number of aliphatic carboxylic acids is 1. The fourth-order valence-electron chi connectivity index (χ4n) is 1.64. The second-order valence-corrected chi connectivity index (χ2v) is 4.25. The van der Waals surface area contributed by atoms with Crippen molar-refractivity contribution in [3.05, 3.63) is 0 Å². The van der Waals surface area contributed by atoms with E-state index in [1.165, 1.54) is 0 Å². The number of carboxylic acids is 1. The lowest BCUT2D eigenvalue weighted by molar-refractivity contribution is -0.137. The average Bonchev–Trinajstić information content (AvgIpc) is 2.17. The molecule has 0 aliphatic carbocycles. The molecule has 0 radical (unpaired) electrons. The first-order valence-electron chi connectivity index (χ1n) is 6.03. The van der Waals surface area contributed by atoms with Crippen molar-refractivity contribution in [2.45, 2.75) is 58.9 Å². The summed E-state index contributed by atoms with van der Waals surface area (Å²) in [5.74, 6) is -0.865. The Bertz CT molecular complexity index is 228. The van der Waals surface area contributed by atoms with Gasteiger partial charge in [-0.2, -0.15) is 0 Å². The minimum Gasteiger partial charge on any atom is -0.481 e. The van der Waals surface area contributed by atoms with Crippen LogP contribution in [0.2, 0.25) is 0 Å². The van der Waals surface area contributed by atoms with Crippen molar-refractivity contribution in [2.24, 2.45) is 5.92 Å². The molecule has 0 bridgehead atoms. The van der Waals surface area contributed by atoms with E-state index in [9.17, 15) is 9.59 Å². The maximum Gasteiger partial charge on any atom is 0.305 e. The van der Waals surface area contributed by atoms with E-state index in [0.717, 1.165) is 25.7 Å². The third kappa shape index (κ3) is 6.43. The van der Waals surface area contributed by atoms with Gasteiger partial charge in [0.25, 0.3) is 0 Å². The minimum absolute atomic E-state index is 0.00954. The third-order valence-electron chi connectivity index (χ3n) is 2.64. The molecule has 4 heteroatoms. The normalized spacial score (nSPS) is 14.2. The van der Waals surface area contributed by atoms with Crippen molar-refractivity contribution in [3.63, 3.8) is 0 Å². The zero-order chi connectivity index (χ0) is 12.6. The number of carboxylic acid groups (broad SMARTS) is 1. The van der Waals surface area contributed by atoms with Gasteiger partial charge in [-0.25, -0.2) is 0 Å². The Labute approximate surface area is 97.4 Å². The van der Waals surface area contributed by atoms with E-state index in [2.05, 4.69) is 12.2 Å². The molecule has 2 N–H and O–H groups in total. The number of carbonyl (C=O) groups excluding carboxylic acids is 1. The summed E-state index contributed by atoms with van der Waals surface area (Å²) >= 11 is 0. The van der Waals surface area contributed by atoms with Crippen LogP contribution in [0.4, 0.5) is 0 Å². The molecule has 0 aliphatic heterocycles. The molecule has 2 atom stereocenters. The van der Waals surface area contributed by atoms with E-state index in [-0.39, 0.29) is 24.3 Å². The summed E-state index contributed by atoms with van der Waals surface area (Å²) in [6.07, 6.45) is 3.80. The largest absolute Gasteiger partial charge is 0.481 e. The molecule has 94 valence electrons. The maximum absolute atomic E-state index is 11.8. The molecule has 0 aliphatic rings. The molecule has 16 heavy (non-hydrogen) atoms. The van der Waals surface area contributed by atoms with Crippen LogP contribution >= 0.6 is 0 Å². The van der Waals surface area contributed by atoms with Crippen LogP contribution in [0.1, 0.15) is 52.9 Å². The van der Waals surface area contributed by atoms with Gasteiger partial charge in [-0.05, 0) is 19.8 Å². The lowest BCUT2D eigenvalue weighted by Crippen LogP contribution is -2.38. The topological polar surface area (TPSA) is 66.4 Å². The summed E-state index contributed by atoms with van der Waals surface area (Å²) in [5.41, 5.74) is 0. The van der Waals surface area contributed by atoms with E-state index in [1.54, 1.807) is 6.92 Å². The van der Waals surface area contributed by atoms with Gasteiger partial charge < -0.3 is 10.4 Å². The summed E-state index contributed by atoms with van der Waals surface area (Å²) < 4.78 is 0. The predicted octanol–water partition coefficient (Wildman–Crippen LogP) is 2.18. The van der Waals surface area contributed by atoms with Crippen LogP contribution in [0.5, 0.6) is 0 Å². The number of hydrogen-bond donors (Lipinski definition) is 2. The van der Waals surface area contributed by atoms with Gasteiger partial charge in [0.05, 0.1) is 6.42 Å². The Hall–Kier alpha value is -1.06. The van der Waals surface area contributed by atoms with E-state index in [4.69, 9.17) is 5.11 Å². The highest BCUT2D eigenvalue weighted by molar-refractivity contribution is 5.79. The van der Waals surface area contributed by atoms with Gasteiger partial charge in [0.2, 0.25) is 5.91 Å². The first-order valence-corrected chi connectivity index (χ1v) is 6.03. The van der Waals surface area contributed by atoms with Crippen LogP contribution in [0.25, 0.3) is 0 Å². The average molecular weight is 229 g/mol. The minimum atomic E-state index is -0.880. The fourth-order valence-corrected chi connectivity index (χ4v) is 1.64. The summed E-state index contributed by atoms with van der Waals surface area (Å²) in [5, 5.41) is 11.3. The molecule has 0 fully saturated rings. The summed E-state index contributed by atoms with van der Waals surface area (Å²) in [6.45, 7) is 5.80. The Morgan fingerprint density at radius 1 is 1.31 bits per heavy atom. The van der Waals surface area contributed by atoms with E-state index in [0.29, 0.717) is 0 Å². The molecule has 0 saturated carbocycles. The van der Waals surface area contributed by atoms with Crippen LogP contribution in [0, 0.1) is 5.92 Å². The highest BCUT2D eigenvalue weighted by atomic mass is 16.4. The summed E-state index contributed by atoms with van der Waals surface area (Å²) in [4.78, 5) is 22.2. The highest BCUT2D eigenvalue weighted by Gasteiger charge is 2.18. The van der Waals surface area contributed by atoms with Crippen LogP contribution in [0.3, 0.4) is 0 Å². The summed E-state index contributed by atoms with van der Waals surface area (Å²) in [6, 6.07) is -0.291. The van der Waals surface area contributed by atoms with Gasteiger partial charge >= 0.3 is 5.97 Å². The molecular formula is C12H23NO3. The first-order chi connectivity index (χ1) is 7.51. The Balaban J connectivity index is 4.04. The number of nitrogens with one attached hydrogen (secondary N) is 1. The van der Waals surface area contributed by atoms with Gasteiger partial charge in [0.15, 0.2) is 0 Å². The molecule has 0 aromatic carbocycles. The standard InChI is InChI=1S/C12H23NO3/c1-4-6-7-10(5-2)12(16)13-9(3)8-11(14)15/h9-10H,4-8H2,1-3H3,(H,13,16)(H,14,15). The van der Waals surface area contributed by atoms with E-state index in [1.807, 2.05) is 6.92 Å². The number of rotatable bonds is 8. The monoisotopic (exact) mass is 229 g/mol. The molecule has 0 saturated heterocycles. The molecule has 0 aromatic heterocycles. The lowest BCUT2D eigenvalue weighted by Gasteiger charge is -2.18. The second-order valence-electron chi connectivity index (χ2n) is 4.25. The Kier molecular flexibility index (Phi) is 7.60. The van der Waals surface area contributed by atoms with Crippen molar-refractivity contribution < 1.29 is 14.7 Å². The lowest BCUT2D eigenvalue weighted by atomic mass is 9.98. The molecule has 0 spiro atoms. The van der Waals surface area contributed by atoms with E-state index >= 15 is 0 Å². The zero-order valence-electron chi connectivity index (χ0n) is 10.5. The van der Waals surface area contributed by atoms with Gasteiger partial charge in [-0.1, -0.05) is 26.7 Å². The fraction of sp³-hybridized carbons (Fsp3) is 0.833. The van der Waals surface area contributed by atoms with Crippen molar-refractivity contribution in [2.75, 3.05) is 0 Å². The van der Waals surface area contributed by atoms with Gasteiger partial charge in [0, 0.05) is 12.0 Å². The molecule has 0 heterocycles. The van der Waals surface area contributed by atoms with Crippen molar-refractivity contribution in [3.8, 4) is 0 Å². The molecular weight excluding hydrogens is 206 g/mol. The number of unbranched alkanes of at least 4 members (excludes halogenated alkanes) is 1. The zero-order valence-corrected chi connectivity index (χ0v) is 10.5. The SMILES string of the molecule is CCCCC(CC)C(=O)NC(C)CC(=O)O. The van der Waals surface area contributed by atoms with E-state index < -0.39 is 5.97 Å². The highest BCUT2D eigenvalue weighted by Crippen LogP contribution is 2.13. The second kappa shape index (κ2) is 8.13.